The highest BCUT2D eigenvalue weighted by Crippen LogP contribution is 2.30. The second kappa shape index (κ2) is 28.7. The van der Waals surface area contributed by atoms with Crippen molar-refractivity contribution in [2.45, 2.75) is 83.2 Å². The van der Waals surface area contributed by atoms with Gasteiger partial charge in [-0.1, -0.05) is 58.3 Å². The summed E-state index contributed by atoms with van der Waals surface area (Å²) in [6.45, 7) is 11.1. The number of Topliss-reactive ketones (excluding diaryl/α,β-unsaturated/α-hetero) is 2. The Morgan fingerprint density at radius 2 is 0.880 bits per heavy atom. The smallest absolute Gasteiger partial charge is 0.207 e. The van der Waals surface area contributed by atoms with Crippen molar-refractivity contribution in [1.29, 1.82) is 0 Å². The molecule has 0 amide bonds. The van der Waals surface area contributed by atoms with E-state index in [4.69, 9.17) is 24.7 Å². The van der Waals surface area contributed by atoms with Crippen LogP contribution in [0.1, 0.15) is 69.7 Å². The first-order valence-electron chi connectivity index (χ1n) is 26.9. The van der Waals surface area contributed by atoms with Crippen LogP contribution in [-0.4, -0.2) is 159 Å². The zero-order valence-electron chi connectivity index (χ0n) is 47.2. The largest absolute Gasteiger partial charge is 0.497 e. The van der Waals surface area contributed by atoms with Gasteiger partial charge in [-0.05, 0) is 112 Å². The van der Waals surface area contributed by atoms with Gasteiger partial charge in [0.1, 0.15) is 33.7 Å². The van der Waals surface area contributed by atoms with E-state index in [0.717, 1.165) is 109 Å². The summed E-state index contributed by atoms with van der Waals surface area (Å²) in [5, 5.41) is 63.9. The highest BCUT2D eigenvalue weighted by molar-refractivity contribution is 7.18. The molecule has 2 aromatic carbocycles. The van der Waals surface area contributed by atoms with Crippen molar-refractivity contribution in [3.05, 3.63) is 123 Å². The molecule has 3 fully saturated rings. The minimum absolute atomic E-state index is 0.0755. The van der Waals surface area contributed by atoms with E-state index < -0.39 is 12.2 Å². The molecule has 28 heteroatoms. The zero-order chi connectivity index (χ0) is 58.2. The molecule has 0 unspecified atom stereocenters. The number of nitrogens with two attached hydrogens (primary N) is 1. The van der Waals surface area contributed by atoms with Crippen LogP contribution in [0.5, 0.6) is 11.5 Å². The number of nitrogens with zero attached hydrogens (tertiary/aromatic N) is 15. The third kappa shape index (κ3) is 16.5. The fourth-order valence-electron chi connectivity index (χ4n) is 9.52. The lowest BCUT2D eigenvalue weighted by molar-refractivity contribution is -0.129. The molecule has 9 heterocycles. The Kier molecular flexibility index (Phi) is 20.5. The standard InChI is InChI=1S/2C22H26N6O3S.C11H15N7S/c2*1-14-7-8-19(25-24-14)28-10-9-16(13-28)23-22-27-26-20(32-22)12-18(29)21(31-3)15-5-4-6-17(11-15)30-2;1-7-2-3-9(15-14-7)18-5-4-8(6-18)13-11-17-16-10(12)19-11/h2*4-8,11,16,21H,9-10,12-13H2,1-3H3,(H,23,27);2-3,8H,4-6H2,1H3,(H2,12,16)(H,13,17)/t16-,21+;16-,21-;8-/m111/s1. The molecule has 0 aliphatic carbocycles. The number of benzene rings is 2. The number of hydrogen-bond acceptors (Lipinski definition) is 28. The maximum absolute atomic E-state index is 12.9. The minimum atomic E-state index is -0.676. The summed E-state index contributed by atoms with van der Waals surface area (Å²) in [5.74, 6) is 3.90. The molecule has 8 aromatic rings. The Morgan fingerprint density at radius 3 is 1.20 bits per heavy atom. The predicted octanol–water partition coefficient (Wildman–Crippen LogP) is 6.58. The number of rotatable bonds is 21. The van der Waals surface area contributed by atoms with Crippen molar-refractivity contribution >= 4 is 83.6 Å². The van der Waals surface area contributed by atoms with Gasteiger partial charge in [0.25, 0.3) is 0 Å². The van der Waals surface area contributed by atoms with Gasteiger partial charge in [0.15, 0.2) is 29.0 Å². The Labute approximate surface area is 492 Å². The number of methoxy groups -OCH3 is 4. The lowest BCUT2D eigenvalue weighted by Crippen LogP contribution is -2.26. The molecule has 0 bridgehead atoms. The summed E-state index contributed by atoms with van der Waals surface area (Å²) in [6, 6.07) is 27.4. The Bertz CT molecular complexity index is 3180. The number of hydrogen-bond donors (Lipinski definition) is 4. The molecule has 3 saturated heterocycles. The van der Waals surface area contributed by atoms with Gasteiger partial charge < -0.3 is 55.3 Å². The van der Waals surface area contributed by atoms with Gasteiger partial charge in [-0.25, -0.2) is 0 Å². The first-order chi connectivity index (χ1) is 40.3. The molecule has 6 aromatic heterocycles. The van der Waals surface area contributed by atoms with Crippen molar-refractivity contribution in [3.63, 3.8) is 0 Å². The van der Waals surface area contributed by atoms with Gasteiger partial charge in [-0.2, -0.15) is 15.3 Å². The summed E-state index contributed by atoms with van der Waals surface area (Å²) < 4.78 is 21.4. The summed E-state index contributed by atoms with van der Waals surface area (Å²) in [5.41, 5.74) is 9.81. The SMILES string of the molecule is COc1cccc([C@@H](OC)C(=O)Cc2nnc(N[C@@H]3CCN(c4ccc(C)nn4)C3)s2)c1.COc1cccc([C@H](OC)C(=O)Cc2nnc(N[C@@H]3CCN(c4ccc(C)nn4)C3)s2)c1.Cc1ccc(N2CC[C@@H](Nc3nnc(N)s3)C2)nn1. The van der Waals surface area contributed by atoms with Gasteiger partial charge in [0.05, 0.1) is 44.1 Å². The third-order valence-electron chi connectivity index (χ3n) is 13.7. The lowest BCUT2D eigenvalue weighted by atomic mass is 10.0. The lowest BCUT2D eigenvalue weighted by Gasteiger charge is -2.17. The first kappa shape index (κ1) is 59.4. The van der Waals surface area contributed by atoms with Gasteiger partial charge in [0, 0.05) is 71.6 Å². The molecule has 25 nitrogen and oxygen atoms in total. The quantitative estimate of drug-likeness (QED) is 0.0590. The van der Waals surface area contributed by atoms with Crippen LogP contribution in [0.2, 0.25) is 0 Å². The Morgan fingerprint density at radius 1 is 0.506 bits per heavy atom. The maximum Gasteiger partial charge on any atom is 0.207 e. The summed E-state index contributed by atoms with van der Waals surface area (Å²) in [6.07, 6.45) is 1.93. The fourth-order valence-corrected chi connectivity index (χ4v) is 11.8. The topological polar surface area (TPSA) is 298 Å². The second-order valence-electron chi connectivity index (χ2n) is 19.8. The van der Waals surface area contributed by atoms with E-state index >= 15 is 0 Å². The van der Waals surface area contributed by atoms with E-state index in [1.54, 1.807) is 14.2 Å². The molecule has 11 rings (SSSR count). The normalized spacial score (nSPS) is 17.2. The minimum Gasteiger partial charge on any atom is -0.497 e. The second-order valence-corrected chi connectivity index (χ2v) is 23.0. The number of anilines is 7. The molecular weight excluding hydrogens is 1120 g/mol. The Hall–Kier alpha value is -8.18. The van der Waals surface area contributed by atoms with Gasteiger partial charge in [-0.3, -0.25) is 9.59 Å². The number of carbonyl (C=O) groups excluding carboxylic acids is 2. The molecule has 83 heavy (non-hydrogen) atoms. The van der Waals surface area contributed by atoms with Crippen molar-refractivity contribution in [2.75, 3.05) is 104 Å². The van der Waals surface area contributed by atoms with Crippen molar-refractivity contribution in [3.8, 4) is 11.5 Å². The maximum atomic E-state index is 12.9. The molecule has 5 N–H and O–H groups in total. The Balaban J connectivity index is 0.000000155. The monoisotopic (exact) mass is 1190 g/mol. The van der Waals surface area contributed by atoms with E-state index in [9.17, 15) is 9.59 Å². The third-order valence-corrected chi connectivity index (χ3v) is 16.1. The zero-order valence-corrected chi connectivity index (χ0v) is 49.7. The van der Waals surface area contributed by atoms with Crippen LogP contribution in [0.15, 0.2) is 84.9 Å². The number of carbonyl (C=O) groups is 2. The molecule has 0 spiro atoms. The molecular formula is C55H67N19O6S3. The average molecular weight is 1190 g/mol. The molecule has 3 aliphatic heterocycles. The van der Waals surface area contributed by atoms with Crippen molar-refractivity contribution in [2.24, 2.45) is 0 Å². The predicted molar refractivity (Wildman–Crippen MR) is 320 cm³/mol. The fraction of sp³-hybridized carbons (Fsp3) is 0.418. The molecule has 0 saturated carbocycles. The highest BCUT2D eigenvalue weighted by atomic mass is 32.1. The molecule has 436 valence electrons. The van der Waals surface area contributed by atoms with E-state index in [1.807, 2.05) is 106 Å². The van der Waals surface area contributed by atoms with Gasteiger partial charge in [-0.15, -0.1) is 45.9 Å². The number of aromatic nitrogens is 12. The average Bonchev–Trinajstić information content (AvgIpc) is 4.49. The van der Waals surface area contributed by atoms with Crippen LogP contribution in [0, 0.1) is 20.8 Å². The molecule has 3 aliphatic rings. The number of aryl methyl sites for hydroxylation is 3. The van der Waals surface area contributed by atoms with E-state index in [-0.39, 0.29) is 36.5 Å². The van der Waals surface area contributed by atoms with E-state index in [0.29, 0.717) is 43.0 Å². The highest BCUT2D eigenvalue weighted by Gasteiger charge is 2.29. The van der Waals surface area contributed by atoms with Gasteiger partial charge in [0.2, 0.25) is 20.5 Å². The summed E-state index contributed by atoms with van der Waals surface area (Å²) in [7, 11) is 6.24. The van der Waals surface area contributed by atoms with Crippen LogP contribution in [-0.2, 0) is 31.9 Å². The van der Waals surface area contributed by atoms with Crippen molar-refractivity contribution in [1.82, 2.24) is 61.2 Å². The number of nitrogens with one attached hydrogen (secondary N) is 3. The van der Waals surface area contributed by atoms with E-state index in [1.165, 1.54) is 48.2 Å². The summed E-state index contributed by atoms with van der Waals surface area (Å²) in [4.78, 5) is 32.3. The van der Waals surface area contributed by atoms with E-state index in [2.05, 4.69) is 91.8 Å². The van der Waals surface area contributed by atoms with Crippen LogP contribution < -0.4 is 45.9 Å². The molecule has 0 radical (unpaired) electrons. The molecule has 5 atom stereocenters. The number of ether oxygens (including phenoxy) is 4. The van der Waals surface area contributed by atoms with Crippen LogP contribution >= 0.6 is 34.0 Å². The van der Waals surface area contributed by atoms with Crippen LogP contribution in [0.4, 0.5) is 38.0 Å². The number of nitrogen functional groups attached to an aromatic ring is 1. The number of ketones is 2. The van der Waals surface area contributed by atoms with Gasteiger partial charge >= 0.3 is 0 Å². The summed E-state index contributed by atoms with van der Waals surface area (Å²) >= 11 is 4.17. The first-order valence-corrected chi connectivity index (χ1v) is 29.3. The van der Waals surface area contributed by atoms with Crippen LogP contribution in [0.3, 0.4) is 0 Å². The van der Waals surface area contributed by atoms with Crippen LogP contribution in [0.25, 0.3) is 0 Å². The van der Waals surface area contributed by atoms with Crippen molar-refractivity contribution < 1.29 is 28.5 Å².